The Balaban J connectivity index is 1.30. The van der Waals surface area contributed by atoms with Crippen molar-refractivity contribution in [2.75, 3.05) is 11.5 Å². The summed E-state index contributed by atoms with van der Waals surface area (Å²) >= 11 is 9.45. The van der Waals surface area contributed by atoms with Crippen molar-refractivity contribution in [1.29, 1.82) is 0 Å². The SMILES string of the molecule is Cc1nnc(C(=S)CC2=C(C(=O)OC(c3ccccc3)c3ccccc3)N3C(=O)C(NC(=O)C(N=O)c4csc(N)n4)C3SC2)s1. The number of thiazole rings is 1. The third-order valence-electron chi connectivity index (χ3n) is 7.28. The third kappa shape index (κ3) is 6.33. The molecule has 3 atom stereocenters. The van der Waals surface area contributed by atoms with Gasteiger partial charge in [-0.05, 0) is 28.8 Å². The van der Waals surface area contributed by atoms with E-state index in [-0.39, 0.29) is 22.9 Å². The van der Waals surface area contributed by atoms with E-state index in [9.17, 15) is 19.3 Å². The average Bonchev–Trinajstić information content (AvgIpc) is 3.71. The number of β-lactam (4-membered cyclic amide) rings is 1. The maximum atomic E-state index is 14.2. The van der Waals surface area contributed by atoms with Crippen LogP contribution < -0.4 is 11.1 Å². The summed E-state index contributed by atoms with van der Waals surface area (Å²) in [5, 5.41) is 16.0. The summed E-state index contributed by atoms with van der Waals surface area (Å²) in [4.78, 5) is 58.3. The van der Waals surface area contributed by atoms with Crippen LogP contribution >= 0.6 is 46.7 Å². The van der Waals surface area contributed by atoms with Gasteiger partial charge in [-0.25, -0.2) is 9.78 Å². The normalized spacial score (nSPS) is 18.0. The smallest absolute Gasteiger partial charge is 0.356 e. The Bertz CT molecular complexity index is 1810. The van der Waals surface area contributed by atoms with Gasteiger partial charge < -0.3 is 15.8 Å². The van der Waals surface area contributed by atoms with Crippen molar-refractivity contribution in [3.05, 3.63) is 109 Å². The van der Waals surface area contributed by atoms with Crippen LogP contribution in [0.3, 0.4) is 0 Å². The third-order valence-corrected chi connectivity index (χ3v) is 10.7. The molecule has 0 aliphatic carbocycles. The van der Waals surface area contributed by atoms with E-state index in [1.165, 1.54) is 33.4 Å². The van der Waals surface area contributed by atoms with Gasteiger partial charge >= 0.3 is 5.97 Å². The van der Waals surface area contributed by atoms with Gasteiger partial charge in [-0.1, -0.05) is 84.2 Å². The lowest BCUT2D eigenvalue weighted by molar-refractivity contribution is -0.154. The first-order valence-corrected chi connectivity index (χ1v) is 17.0. The van der Waals surface area contributed by atoms with Gasteiger partial charge in [0.05, 0.1) is 10.6 Å². The Morgan fingerprint density at radius 1 is 1.13 bits per heavy atom. The molecular weight excluding hydrogens is 667 g/mol. The molecule has 2 aliphatic rings. The molecule has 4 heterocycles. The fourth-order valence-corrected chi connectivity index (χ4v) is 8.02. The van der Waals surface area contributed by atoms with E-state index in [4.69, 9.17) is 22.7 Å². The number of esters is 1. The lowest BCUT2D eigenvalue weighted by atomic mass is 9.99. The quantitative estimate of drug-likeness (QED) is 0.0747. The molecule has 4 aromatic rings. The predicted octanol–water partition coefficient (Wildman–Crippen LogP) is 4.49. The van der Waals surface area contributed by atoms with E-state index in [2.05, 4.69) is 25.7 Å². The zero-order valence-corrected chi connectivity index (χ0v) is 27.3. The van der Waals surface area contributed by atoms with Crippen LogP contribution in [0.1, 0.15) is 45.4 Å². The monoisotopic (exact) mass is 691 g/mol. The number of hydrogen-bond acceptors (Lipinski definition) is 14. The van der Waals surface area contributed by atoms with Crippen LogP contribution in [0.15, 0.2) is 82.5 Å². The second-order valence-corrected chi connectivity index (χ2v) is 14.0. The van der Waals surface area contributed by atoms with Crippen molar-refractivity contribution >= 4 is 74.4 Å². The van der Waals surface area contributed by atoms with Crippen LogP contribution in [0, 0.1) is 11.8 Å². The number of carbonyl (C=O) groups is 3. The van der Waals surface area contributed by atoms with E-state index in [1.54, 1.807) is 0 Å². The number of nitrogens with one attached hydrogen (secondary N) is 1. The fourth-order valence-electron chi connectivity index (χ4n) is 5.13. The Morgan fingerprint density at radius 3 is 2.37 bits per heavy atom. The number of ether oxygens (including phenoxy) is 1. The second kappa shape index (κ2) is 13.5. The molecule has 46 heavy (non-hydrogen) atoms. The minimum absolute atomic E-state index is 0.0667. The van der Waals surface area contributed by atoms with Crippen molar-refractivity contribution in [2.45, 2.75) is 36.9 Å². The molecule has 0 bridgehead atoms. The van der Waals surface area contributed by atoms with E-state index >= 15 is 0 Å². The number of aromatic nitrogens is 3. The number of amides is 2. The Hall–Kier alpha value is -4.38. The largest absolute Gasteiger partial charge is 0.448 e. The summed E-state index contributed by atoms with van der Waals surface area (Å²) in [6.45, 7) is 1.82. The number of nitrogen functional groups attached to an aromatic ring is 1. The van der Waals surface area contributed by atoms with Crippen molar-refractivity contribution < 1.29 is 19.1 Å². The summed E-state index contributed by atoms with van der Waals surface area (Å²) < 4.78 is 6.19. The molecule has 0 spiro atoms. The van der Waals surface area contributed by atoms with Gasteiger partial charge in [-0.15, -0.1) is 38.2 Å². The van der Waals surface area contributed by atoms with Gasteiger partial charge in [0.1, 0.15) is 22.1 Å². The standard InChI is InChI=1S/C30H25N7O5S4/c1-15-34-35-26(46-15)20(43)12-18-13-44-28-22(33-25(38)21(36-41)19-14-45-30(31)32-19)27(39)37(28)23(18)29(40)42-24(16-8-4-2-5-9-16)17-10-6-3-7-11-17/h2-11,14,21-22,24,28H,12-13H2,1H3,(H2,31,32)(H,33,38). The summed E-state index contributed by atoms with van der Waals surface area (Å²) in [5.41, 5.74) is 7.91. The van der Waals surface area contributed by atoms with Crippen molar-refractivity contribution in [3.63, 3.8) is 0 Å². The number of nitrogens with two attached hydrogens (primary N) is 1. The number of anilines is 1. The lowest BCUT2D eigenvalue weighted by Gasteiger charge is -2.50. The zero-order valence-electron chi connectivity index (χ0n) is 24.1. The van der Waals surface area contributed by atoms with Crippen LogP contribution in [0.2, 0.25) is 0 Å². The Labute approximate surface area is 280 Å². The Kier molecular flexibility index (Phi) is 9.30. The van der Waals surface area contributed by atoms with Crippen molar-refractivity contribution in [2.24, 2.45) is 5.18 Å². The van der Waals surface area contributed by atoms with Gasteiger partial charge in [0, 0.05) is 17.6 Å². The number of thioether (sulfide) groups is 1. The van der Waals surface area contributed by atoms with Crippen LogP contribution in [0.5, 0.6) is 0 Å². The number of benzene rings is 2. The summed E-state index contributed by atoms with van der Waals surface area (Å²) in [6, 6.07) is 16.1. The van der Waals surface area contributed by atoms with Gasteiger partial charge in [0.2, 0.25) is 6.04 Å². The number of nitroso groups, excluding NO2 is 1. The number of rotatable bonds is 11. The van der Waals surface area contributed by atoms with Crippen LogP contribution in [-0.2, 0) is 19.1 Å². The molecule has 2 amide bonds. The number of thiocarbonyl (C=S) groups is 1. The number of hydrogen-bond donors (Lipinski definition) is 2. The summed E-state index contributed by atoms with van der Waals surface area (Å²) in [6.07, 6.45) is -0.579. The summed E-state index contributed by atoms with van der Waals surface area (Å²) in [5.74, 6) is -1.72. The predicted molar refractivity (Wildman–Crippen MR) is 179 cm³/mol. The maximum Gasteiger partial charge on any atom is 0.356 e. The molecule has 0 radical (unpaired) electrons. The minimum atomic E-state index is -1.48. The molecule has 3 N–H and O–H groups in total. The molecular formula is C30H25N7O5S4. The molecule has 2 aliphatic heterocycles. The summed E-state index contributed by atoms with van der Waals surface area (Å²) in [7, 11) is 0. The minimum Gasteiger partial charge on any atom is -0.448 e. The highest BCUT2D eigenvalue weighted by atomic mass is 32.2. The molecule has 3 unspecified atom stereocenters. The van der Waals surface area contributed by atoms with Gasteiger partial charge in [0.15, 0.2) is 16.2 Å². The first kappa shape index (κ1) is 31.6. The molecule has 12 nitrogen and oxygen atoms in total. The molecule has 1 saturated heterocycles. The molecule has 2 aromatic heterocycles. The highest BCUT2D eigenvalue weighted by molar-refractivity contribution is 8.00. The van der Waals surface area contributed by atoms with Crippen molar-refractivity contribution in [3.8, 4) is 0 Å². The van der Waals surface area contributed by atoms with E-state index < -0.39 is 41.3 Å². The highest BCUT2D eigenvalue weighted by Gasteiger charge is 2.55. The Morgan fingerprint density at radius 2 is 1.80 bits per heavy atom. The highest BCUT2D eigenvalue weighted by Crippen LogP contribution is 2.43. The van der Waals surface area contributed by atoms with Crippen LogP contribution in [0.25, 0.3) is 0 Å². The van der Waals surface area contributed by atoms with Crippen molar-refractivity contribution in [1.82, 2.24) is 25.4 Å². The first-order valence-electron chi connectivity index (χ1n) is 13.9. The molecule has 6 rings (SSSR count). The molecule has 16 heteroatoms. The number of nitrogens with zero attached hydrogens (tertiary/aromatic N) is 5. The van der Waals surface area contributed by atoms with E-state index in [1.807, 2.05) is 67.6 Å². The number of carbonyl (C=O) groups excluding carboxylic acids is 3. The maximum absolute atomic E-state index is 14.2. The molecule has 2 aromatic carbocycles. The number of aryl methyl sites for hydroxylation is 1. The molecule has 1 fully saturated rings. The zero-order chi connectivity index (χ0) is 32.4. The van der Waals surface area contributed by atoms with Crippen LogP contribution in [-0.4, -0.2) is 59.9 Å². The first-order chi connectivity index (χ1) is 22.2. The van der Waals surface area contributed by atoms with Gasteiger partial charge in [0.25, 0.3) is 11.8 Å². The van der Waals surface area contributed by atoms with Gasteiger partial charge in [-0.3, -0.25) is 14.5 Å². The number of fused-ring (bicyclic) bond motifs is 1. The van der Waals surface area contributed by atoms with Crippen LogP contribution in [0.4, 0.5) is 5.13 Å². The van der Waals surface area contributed by atoms with E-state index in [0.29, 0.717) is 21.2 Å². The fraction of sp³-hybridized carbons (Fsp3) is 0.233. The van der Waals surface area contributed by atoms with E-state index in [0.717, 1.165) is 27.5 Å². The average molecular weight is 692 g/mol. The second-order valence-electron chi connectivity index (χ2n) is 10.3. The molecule has 0 saturated carbocycles. The topological polar surface area (TPSA) is 170 Å². The lowest BCUT2D eigenvalue weighted by Crippen LogP contribution is -2.71. The molecule has 234 valence electrons. The van der Waals surface area contributed by atoms with Gasteiger partial charge in [-0.2, -0.15) is 0 Å².